The zero-order valence-electron chi connectivity index (χ0n) is 7.35. The number of rotatable bonds is 3. The van der Waals surface area contributed by atoms with Crippen LogP contribution in [0.4, 0.5) is 0 Å². The Balaban J connectivity index is 2.89. The number of carbonyl (C=O) groups is 2. The van der Waals surface area contributed by atoms with Gasteiger partial charge in [0.15, 0.2) is 0 Å². The molecule has 0 aromatic carbocycles. The van der Waals surface area contributed by atoms with Crippen LogP contribution in [0.3, 0.4) is 0 Å². The third kappa shape index (κ3) is 2.11. The standard InChI is InChI=1S/C7H9N3O3/c1-5(11)3-10-4-8-9-6(10)7(12)13-2/h4H,3H2,1-2H3. The third-order valence-electron chi connectivity index (χ3n) is 1.38. The van der Waals surface area contributed by atoms with Gasteiger partial charge in [0.25, 0.3) is 0 Å². The molecule has 0 unspecified atom stereocenters. The average molecular weight is 183 g/mol. The van der Waals surface area contributed by atoms with E-state index in [1.54, 1.807) is 0 Å². The Labute approximate surface area is 74.5 Å². The maximum atomic E-state index is 11.0. The summed E-state index contributed by atoms with van der Waals surface area (Å²) < 4.78 is 5.78. The van der Waals surface area contributed by atoms with E-state index in [4.69, 9.17) is 0 Å². The Morgan fingerprint density at radius 1 is 1.62 bits per heavy atom. The minimum Gasteiger partial charge on any atom is -0.463 e. The smallest absolute Gasteiger partial charge is 0.376 e. The van der Waals surface area contributed by atoms with E-state index in [1.165, 1.54) is 24.9 Å². The molecule has 0 N–H and O–H groups in total. The van der Waals surface area contributed by atoms with E-state index in [0.29, 0.717) is 0 Å². The fourth-order valence-electron chi connectivity index (χ4n) is 0.860. The van der Waals surface area contributed by atoms with Crippen LogP contribution in [0.25, 0.3) is 0 Å². The van der Waals surface area contributed by atoms with Gasteiger partial charge < -0.3 is 9.30 Å². The second kappa shape index (κ2) is 3.79. The highest BCUT2D eigenvalue weighted by Gasteiger charge is 2.14. The van der Waals surface area contributed by atoms with Crippen molar-refractivity contribution in [1.82, 2.24) is 14.8 Å². The molecule has 0 spiro atoms. The summed E-state index contributed by atoms with van der Waals surface area (Å²) in [5.41, 5.74) is 0. The molecule has 6 nitrogen and oxygen atoms in total. The highest BCUT2D eigenvalue weighted by molar-refractivity contribution is 5.86. The summed E-state index contributed by atoms with van der Waals surface area (Å²) in [6, 6.07) is 0. The number of esters is 1. The number of carbonyl (C=O) groups excluding carboxylic acids is 2. The summed E-state index contributed by atoms with van der Waals surface area (Å²) >= 11 is 0. The Kier molecular flexibility index (Phi) is 2.73. The molecule has 0 aliphatic rings. The lowest BCUT2D eigenvalue weighted by molar-refractivity contribution is -0.117. The lowest BCUT2D eigenvalue weighted by Crippen LogP contribution is -2.14. The summed E-state index contributed by atoms with van der Waals surface area (Å²) in [4.78, 5) is 21.8. The van der Waals surface area contributed by atoms with Crippen molar-refractivity contribution < 1.29 is 14.3 Å². The molecule has 1 rings (SSSR count). The molecule has 70 valence electrons. The molecule has 0 saturated heterocycles. The van der Waals surface area contributed by atoms with Gasteiger partial charge in [-0.05, 0) is 6.92 Å². The summed E-state index contributed by atoms with van der Waals surface area (Å²) in [6.45, 7) is 1.50. The molecule has 0 amide bonds. The van der Waals surface area contributed by atoms with Gasteiger partial charge in [0.05, 0.1) is 13.7 Å². The SMILES string of the molecule is COC(=O)c1nncn1CC(C)=O. The van der Waals surface area contributed by atoms with E-state index in [1.807, 2.05) is 0 Å². The van der Waals surface area contributed by atoms with Gasteiger partial charge in [-0.15, -0.1) is 10.2 Å². The Bertz CT molecular complexity index is 331. The highest BCUT2D eigenvalue weighted by atomic mass is 16.5. The summed E-state index contributed by atoms with van der Waals surface area (Å²) in [5, 5.41) is 7.03. The van der Waals surface area contributed by atoms with E-state index in [2.05, 4.69) is 14.9 Å². The van der Waals surface area contributed by atoms with Crippen LogP contribution in [-0.4, -0.2) is 33.6 Å². The van der Waals surface area contributed by atoms with E-state index >= 15 is 0 Å². The first kappa shape index (κ1) is 9.37. The number of ketones is 1. The predicted octanol–water partition coefficient (Wildman–Crippen LogP) is -0.346. The summed E-state index contributed by atoms with van der Waals surface area (Å²) in [5.74, 6) is -0.638. The monoisotopic (exact) mass is 183 g/mol. The van der Waals surface area contributed by atoms with Gasteiger partial charge in [0.2, 0.25) is 5.82 Å². The van der Waals surface area contributed by atoms with E-state index in [0.717, 1.165) is 0 Å². The van der Waals surface area contributed by atoms with Crippen molar-refractivity contribution in [3.05, 3.63) is 12.2 Å². The minimum atomic E-state index is -0.598. The van der Waals surface area contributed by atoms with Gasteiger partial charge in [0.1, 0.15) is 12.1 Å². The molecule has 0 saturated carbocycles. The maximum absolute atomic E-state index is 11.0. The first-order chi connectivity index (χ1) is 6.15. The number of methoxy groups -OCH3 is 1. The van der Waals surface area contributed by atoms with Gasteiger partial charge in [-0.1, -0.05) is 0 Å². The lowest BCUT2D eigenvalue weighted by atomic mass is 10.4. The molecular weight excluding hydrogens is 174 g/mol. The zero-order chi connectivity index (χ0) is 9.84. The molecule has 0 fully saturated rings. The van der Waals surface area contributed by atoms with Crippen LogP contribution in [0.1, 0.15) is 17.5 Å². The Morgan fingerprint density at radius 3 is 2.85 bits per heavy atom. The quantitative estimate of drug-likeness (QED) is 0.599. The summed E-state index contributed by atoms with van der Waals surface area (Å²) in [6.07, 6.45) is 1.31. The van der Waals surface area contributed by atoms with Crippen molar-refractivity contribution in [2.24, 2.45) is 0 Å². The second-order valence-corrected chi connectivity index (χ2v) is 2.48. The lowest BCUT2D eigenvalue weighted by Gasteiger charge is -2.00. The van der Waals surface area contributed by atoms with Gasteiger partial charge in [-0.2, -0.15) is 0 Å². The molecule has 0 radical (unpaired) electrons. The maximum Gasteiger partial charge on any atom is 0.376 e. The molecule has 1 aromatic rings. The van der Waals surface area contributed by atoms with Crippen molar-refractivity contribution in [3.63, 3.8) is 0 Å². The van der Waals surface area contributed by atoms with Crippen LogP contribution in [-0.2, 0) is 16.1 Å². The molecule has 0 bridgehead atoms. The van der Waals surface area contributed by atoms with Crippen LogP contribution in [0.5, 0.6) is 0 Å². The summed E-state index contributed by atoms with van der Waals surface area (Å²) in [7, 11) is 1.25. The first-order valence-corrected chi connectivity index (χ1v) is 3.60. The zero-order valence-corrected chi connectivity index (χ0v) is 7.35. The molecule has 1 aromatic heterocycles. The predicted molar refractivity (Wildman–Crippen MR) is 42.0 cm³/mol. The number of ether oxygens (including phenoxy) is 1. The van der Waals surface area contributed by atoms with Crippen LogP contribution in [0.15, 0.2) is 6.33 Å². The van der Waals surface area contributed by atoms with Crippen molar-refractivity contribution in [2.45, 2.75) is 13.5 Å². The fraction of sp³-hybridized carbons (Fsp3) is 0.429. The van der Waals surface area contributed by atoms with E-state index in [9.17, 15) is 9.59 Å². The van der Waals surface area contributed by atoms with Gasteiger partial charge >= 0.3 is 5.97 Å². The average Bonchev–Trinajstić information content (AvgIpc) is 2.50. The minimum absolute atomic E-state index is 0.0395. The molecular formula is C7H9N3O3. The number of nitrogens with zero attached hydrogens (tertiary/aromatic N) is 3. The van der Waals surface area contributed by atoms with E-state index < -0.39 is 5.97 Å². The van der Waals surface area contributed by atoms with Crippen molar-refractivity contribution >= 4 is 11.8 Å². The number of hydrogen-bond donors (Lipinski definition) is 0. The van der Waals surface area contributed by atoms with Gasteiger partial charge in [-0.25, -0.2) is 4.79 Å². The Morgan fingerprint density at radius 2 is 2.31 bits per heavy atom. The molecule has 0 aliphatic carbocycles. The second-order valence-electron chi connectivity index (χ2n) is 2.48. The Hall–Kier alpha value is -1.72. The largest absolute Gasteiger partial charge is 0.463 e. The number of hydrogen-bond acceptors (Lipinski definition) is 5. The van der Waals surface area contributed by atoms with Crippen LogP contribution >= 0.6 is 0 Å². The fourth-order valence-corrected chi connectivity index (χ4v) is 0.860. The highest BCUT2D eigenvalue weighted by Crippen LogP contribution is 1.97. The molecule has 13 heavy (non-hydrogen) atoms. The van der Waals surface area contributed by atoms with Crippen molar-refractivity contribution in [1.29, 1.82) is 0 Å². The van der Waals surface area contributed by atoms with Crippen LogP contribution in [0.2, 0.25) is 0 Å². The molecule has 0 atom stereocenters. The third-order valence-corrected chi connectivity index (χ3v) is 1.38. The molecule has 6 heteroatoms. The molecule has 0 aliphatic heterocycles. The normalized spacial score (nSPS) is 9.69. The van der Waals surface area contributed by atoms with E-state index in [-0.39, 0.29) is 18.2 Å². The van der Waals surface area contributed by atoms with Crippen LogP contribution < -0.4 is 0 Å². The van der Waals surface area contributed by atoms with Gasteiger partial charge in [-0.3, -0.25) is 4.79 Å². The van der Waals surface area contributed by atoms with Crippen LogP contribution in [0, 0.1) is 0 Å². The first-order valence-electron chi connectivity index (χ1n) is 3.60. The number of aromatic nitrogens is 3. The van der Waals surface area contributed by atoms with Crippen molar-refractivity contribution in [2.75, 3.05) is 7.11 Å². The topological polar surface area (TPSA) is 74.1 Å². The molecule has 1 heterocycles. The van der Waals surface area contributed by atoms with Gasteiger partial charge in [0, 0.05) is 0 Å². The number of Topliss-reactive ketones (excluding diaryl/α,β-unsaturated/α-hetero) is 1. The van der Waals surface area contributed by atoms with Crippen molar-refractivity contribution in [3.8, 4) is 0 Å².